The van der Waals surface area contributed by atoms with Gasteiger partial charge in [0.2, 0.25) is 0 Å². The second kappa shape index (κ2) is 22.8. The first-order valence-corrected chi connectivity index (χ1v) is 19.7. The van der Waals surface area contributed by atoms with Crippen LogP contribution in [-0.2, 0) is 44.7 Å². The smallest absolute Gasteiger partial charge is 0.322 e. The normalized spacial score (nSPS) is 16.8. The van der Waals surface area contributed by atoms with Crippen molar-refractivity contribution in [2.24, 2.45) is 10.8 Å². The van der Waals surface area contributed by atoms with E-state index in [1.165, 1.54) is 24.6 Å². The van der Waals surface area contributed by atoms with Gasteiger partial charge < -0.3 is 23.7 Å². The van der Waals surface area contributed by atoms with E-state index in [9.17, 15) is 19.6 Å². The maximum absolute atomic E-state index is 14.3. The summed E-state index contributed by atoms with van der Waals surface area (Å²) in [7, 11) is 1.58. The third-order valence-electron chi connectivity index (χ3n) is 9.39. The second-order valence-electron chi connectivity index (χ2n) is 14.4. The largest absolute Gasteiger partial charge is 0.464 e. The monoisotopic (exact) mass is 768 g/mol. The standard InChI is InChI=1S/C41H56N2O8S2/c1-39(32-42,20-19-35(44)49-28-27-48-26-25-47-4)30-40(2,37(45)50-24-23-43-21-13-5-6-14-22-43)31-41(3,53-36(52)34-17-11-8-12-18-34)38(46)51-29-33-15-9-7-10-16-33/h7-12,15-18H,5-6,13-14,19-31H2,1-4H3. The molecule has 0 N–H and O–H groups in total. The van der Waals surface area contributed by atoms with Gasteiger partial charge in [0.1, 0.15) is 24.6 Å². The van der Waals surface area contributed by atoms with Crippen molar-refractivity contribution in [3.8, 4) is 6.07 Å². The van der Waals surface area contributed by atoms with Gasteiger partial charge in [-0.1, -0.05) is 97.5 Å². The lowest BCUT2D eigenvalue weighted by Gasteiger charge is -2.39. The number of ether oxygens (including phenoxy) is 5. The van der Waals surface area contributed by atoms with E-state index in [4.69, 9.17) is 35.9 Å². The molecular weight excluding hydrogens is 713 g/mol. The van der Waals surface area contributed by atoms with Crippen LogP contribution in [-0.4, -0.2) is 91.5 Å². The summed E-state index contributed by atoms with van der Waals surface area (Å²) in [5.41, 5.74) is -0.908. The second-order valence-corrected chi connectivity index (χ2v) is 16.5. The zero-order valence-electron chi connectivity index (χ0n) is 31.8. The fraction of sp³-hybridized carbons (Fsp3) is 0.585. The van der Waals surface area contributed by atoms with Crippen LogP contribution in [0.5, 0.6) is 0 Å². The zero-order chi connectivity index (χ0) is 38.6. The number of thioether (sulfide) groups is 1. The molecule has 0 bridgehead atoms. The molecule has 2 aromatic carbocycles. The van der Waals surface area contributed by atoms with Crippen molar-refractivity contribution in [1.29, 1.82) is 5.26 Å². The Bertz CT molecular complexity index is 1480. The number of carbonyl (C=O) groups excluding carboxylic acids is 3. The number of thiocarbonyl (C=S) groups is 1. The summed E-state index contributed by atoms with van der Waals surface area (Å²) in [6.07, 6.45) is 4.69. The SMILES string of the molecule is COCCOCCOC(=O)CCC(C)(C#N)CC(C)(CC(C)(SC(=S)c1ccccc1)C(=O)OCc1ccccc1)C(=O)OCCN1CCCCCC1. The van der Waals surface area contributed by atoms with E-state index < -0.39 is 33.5 Å². The third-order valence-corrected chi connectivity index (χ3v) is 11.1. The van der Waals surface area contributed by atoms with E-state index in [0.717, 1.165) is 37.1 Å². The molecule has 2 aromatic rings. The minimum Gasteiger partial charge on any atom is -0.464 e. The number of esters is 3. The van der Waals surface area contributed by atoms with Gasteiger partial charge in [0, 0.05) is 20.1 Å². The molecule has 12 heteroatoms. The van der Waals surface area contributed by atoms with E-state index in [2.05, 4.69) is 11.0 Å². The van der Waals surface area contributed by atoms with Crippen molar-refractivity contribution in [1.82, 2.24) is 4.90 Å². The van der Waals surface area contributed by atoms with Crippen LogP contribution in [0.3, 0.4) is 0 Å². The molecule has 0 spiro atoms. The highest BCUT2D eigenvalue weighted by Gasteiger charge is 2.51. The first kappa shape index (κ1) is 44.1. The molecule has 0 aliphatic carbocycles. The van der Waals surface area contributed by atoms with Gasteiger partial charge in [-0.3, -0.25) is 19.3 Å². The van der Waals surface area contributed by atoms with Crippen molar-refractivity contribution in [3.63, 3.8) is 0 Å². The molecule has 53 heavy (non-hydrogen) atoms. The van der Waals surface area contributed by atoms with Crippen molar-refractivity contribution in [3.05, 3.63) is 71.8 Å². The lowest BCUT2D eigenvalue weighted by molar-refractivity contribution is -0.160. The van der Waals surface area contributed by atoms with Crippen LogP contribution in [0.25, 0.3) is 0 Å². The Hall–Kier alpha value is -3.34. The lowest BCUT2D eigenvalue weighted by Crippen LogP contribution is -2.46. The number of methoxy groups -OCH3 is 1. The summed E-state index contributed by atoms with van der Waals surface area (Å²) in [6.45, 7) is 9.06. The van der Waals surface area contributed by atoms with E-state index in [1.807, 2.05) is 60.7 Å². The highest BCUT2D eigenvalue weighted by Crippen LogP contribution is 2.47. The Morgan fingerprint density at radius 3 is 2.09 bits per heavy atom. The Morgan fingerprint density at radius 2 is 1.45 bits per heavy atom. The molecule has 0 aromatic heterocycles. The zero-order valence-corrected chi connectivity index (χ0v) is 33.4. The topological polar surface area (TPSA) is 124 Å². The maximum Gasteiger partial charge on any atom is 0.322 e. The van der Waals surface area contributed by atoms with Crippen molar-refractivity contribution in [2.45, 2.75) is 83.5 Å². The highest BCUT2D eigenvalue weighted by molar-refractivity contribution is 8.25. The number of carbonyl (C=O) groups is 3. The van der Waals surface area contributed by atoms with E-state index in [-0.39, 0.29) is 52.1 Å². The van der Waals surface area contributed by atoms with Crippen molar-refractivity contribution >= 4 is 46.1 Å². The van der Waals surface area contributed by atoms with Gasteiger partial charge >= 0.3 is 17.9 Å². The highest BCUT2D eigenvalue weighted by atomic mass is 32.2. The molecular formula is C41H56N2O8S2. The molecule has 3 atom stereocenters. The molecule has 10 nitrogen and oxygen atoms in total. The first-order valence-electron chi connectivity index (χ1n) is 18.4. The molecule has 1 heterocycles. The number of likely N-dealkylation sites (tertiary alicyclic amines) is 1. The van der Waals surface area contributed by atoms with Gasteiger partial charge in [-0.25, -0.2) is 0 Å². The molecule has 0 radical (unpaired) electrons. The van der Waals surface area contributed by atoms with Crippen LogP contribution in [0.1, 0.15) is 83.3 Å². The number of nitriles is 1. The van der Waals surface area contributed by atoms with Gasteiger partial charge in [-0.05, 0) is 77.1 Å². The average molecular weight is 769 g/mol. The summed E-state index contributed by atoms with van der Waals surface area (Å²) in [6, 6.07) is 21.1. The van der Waals surface area contributed by atoms with E-state index in [0.29, 0.717) is 24.0 Å². The molecule has 0 amide bonds. The third kappa shape index (κ3) is 15.5. The Morgan fingerprint density at radius 1 is 0.811 bits per heavy atom. The Kier molecular flexibility index (Phi) is 18.9. The number of hydrogen-bond acceptors (Lipinski definition) is 12. The predicted molar refractivity (Wildman–Crippen MR) is 210 cm³/mol. The van der Waals surface area contributed by atoms with Crippen molar-refractivity contribution in [2.75, 3.05) is 59.8 Å². The van der Waals surface area contributed by atoms with Gasteiger partial charge in [-0.15, -0.1) is 0 Å². The summed E-state index contributed by atoms with van der Waals surface area (Å²) in [5, 5.41) is 10.5. The van der Waals surface area contributed by atoms with Crippen LogP contribution < -0.4 is 0 Å². The number of rotatable bonds is 22. The van der Waals surface area contributed by atoms with E-state index in [1.54, 1.807) is 27.9 Å². The Labute approximate surface area is 325 Å². The molecule has 3 rings (SSSR count). The average Bonchev–Trinajstić information content (AvgIpc) is 3.44. The summed E-state index contributed by atoms with van der Waals surface area (Å²) < 4.78 is 26.7. The van der Waals surface area contributed by atoms with E-state index >= 15 is 0 Å². The fourth-order valence-electron chi connectivity index (χ4n) is 6.57. The number of nitrogens with zero attached hydrogens (tertiary/aromatic N) is 2. The van der Waals surface area contributed by atoms with Gasteiger partial charge in [0.25, 0.3) is 0 Å². The Balaban J connectivity index is 1.86. The van der Waals surface area contributed by atoms with Crippen molar-refractivity contribution < 1.29 is 38.1 Å². The summed E-state index contributed by atoms with van der Waals surface area (Å²) in [5.74, 6) is -1.53. The van der Waals surface area contributed by atoms with Gasteiger partial charge in [-0.2, -0.15) is 5.26 Å². The molecule has 290 valence electrons. The molecule has 1 aliphatic rings. The molecule has 0 saturated carbocycles. The first-order chi connectivity index (χ1) is 25.4. The molecule has 1 saturated heterocycles. The van der Waals surface area contributed by atoms with Crippen LogP contribution in [0.4, 0.5) is 0 Å². The summed E-state index contributed by atoms with van der Waals surface area (Å²) >= 11 is 7.02. The molecule has 3 unspecified atom stereocenters. The maximum atomic E-state index is 14.3. The minimum atomic E-state index is -1.35. The number of benzene rings is 2. The van der Waals surface area contributed by atoms with Crippen LogP contribution >= 0.6 is 24.0 Å². The quantitative estimate of drug-likeness (QED) is 0.0516. The fourth-order valence-corrected chi connectivity index (χ4v) is 8.45. The number of hydrogen-bond donors (Lipinski definition) is 0. The molecule has 1 aliphatic heterocycles. The molecule has 1 fully saturated rings. The van der Waals surface area contributed by atoms with Gasteiger partial charge in [0.05, 0.1) is 40.9 Å². The minimum absolute atomic E-state index is 0.0205. The van der Waals surface area contributed by atoms with Crippen LogP contribution in [0, 0.1) is 22.2 Å². The summed E-state index contributed by atoms with van der Waals surface area (Å²) in [4.78, 5) is 43.5. The van der Waals surface area contributed by atoms with Crippen LogP contribution in [0.2, 0.25) is 0 Å². The lowest BCUT2D eigenvalue weighted by atomic mass is 9.68. The van der Waals surface area contributed by atoms with Gasteiger partial charge in [0.15, 0.2) is 0 Å². The van der Waals surface area contributed by atoms with Crippen LogP contribution in [0.15, 0.2) is 60.7 Å². The predicted octanol–water partition coefficient (Wildman–Crippen LogP) is 7.32.